The van der Waals surface area contributed by atoms with E-state index in [-0.39, 0.29) is 12.1 Å². The zero-order valence-corrected chi connectivity index (χ0v) is 14.4. The molecule has 1 aliphatic rings. The van der Waals surface area contributed by atoms with Gasteiger partial charge in [0.15, 0.2) is 0 Å². The Morgan fingerprint density at radius 3 is 3.00 bits per heavy atom. The maximum atomic E-state index is 11.9. The molecule has 7 heteroatoms. The number of ether oxygens (including phenoxy) is 2. The van der Waals surface area contributed by atoms with Crippen molar-refractivity contribution in [1.29, 1.82) is 0 Å². The van der Waals surface area contributed by atoms with E-state index >= 15 is 0 Å². The van der Waals surface area contributed by atoms with Gasteiger partial charge < -0.3 is 20.1 Å². The molecule has 1 atom stereocenters. The van der Waals surface area contributed by atoms with E-state index in [2.05, 4.69) is 15.7 Å². The van der Waals surface area contributed by atoms with Crippen LogP contribution in [0.1, 0.15) is 18.4 Å². The Hall–Kier alpha value is -2.54. The number of carbonyl (C=O) groups excluding carboxylic acids is 1. The lowest BCUT2D eigenvalue weighted by atomic mass is 10.2. The Morgan fingerprint density at radius 1 is 1.40 bits per heavy atom. The lowest BCUT2D eigenvalue weighted by Crippen LogP contribution is -2.32. The van der Waals surface area contributed by atoms with Crippen LogP contribution in [0.5, 0.6) is 5.75 Å². The van der Waals surface area contributed by atoms with Gasteiger partial charge in [0.25, 0.3) is 0 Å². The summed E-state index contributed by atoms with van der Waals surface area (Å²) in [4.78, 5) is 11.9. The van der Waals surface area contributed by atoms with Gasteiger partial charge in [-0.15, -0.1) is 0 Å². The molecule has 25 heavy (non-hydrogen) atoms. The highest BCUT2D eigenvalue weighted by molar-refractivity contribution is 5.88. The average molecular weight is 344 g/mol. The normalized spacial score (nSPS) is 16.6. The van der Waals surface area contributed by atoms with Gasteiger partial charge in [0, 0.05) is 12.8 Å². The Balaban J connectivity index is 1.34. The summed E-state index contributed by atoms with van der Waals surface area (Å²) in [5.41, 5.74) is 1.85. The largest absolute Gasteiger partial charge is 0.492 e. The van der Waals surface area contributed by atoms with E-state index in [4.69, 9.17) is 9.47 Å². The van der Waals surface area contributed by atoms with Gasteiger partial charge in [0.2, 0.25) is 0 Å². The van der Waals surface area contributed by atoms with Gasteiger partial charge >= 0.3 is 6.03 Å². The molecule has 0 saturated carbocycles. The second-order valence-corrected chi connectivity index (χ2v) is 6.13. The first-order valence-corrected chi connectivity index (χ1v) is 8.57. The summed E-state index contributed by atoms with van der Waals surface area (Å²) in [5.74, 6) is 0.795. The first-order chi connectivity index (χ1) is 12.2. The predicted molar refractivity (Wildman–Crippen MR) is 94.9 cm³/mol. The van der Waals surface area contributed by atoms with Crippen LogP contribution in [0.15, 0.2) is 36.7 Å². The van der Waals surface area contributed by atoms with Crippen molar-refractivity contribution in [3.63, 3.8) is 0 Å². The number of urea groups is 1. The third-order valence-electron chi connectivity index (χ3n) is 3.98. The van der Waals surface area contributed by atoms with Crippen molar-refractivity contribution in [1.82, 2.24) is 15.1 Å². The fourth-order valence-electron chi connectivity index (χ4n) is 2.67. The van der Waals surface area contributed by atoms with Crippen molar-refractivity contribution >= 4 is 11.7 Å². The summed E-state index contributed by atoms with van der Waals surface area (Å²) in [6.07, 6.45) is 5.83. The molecule has 3 rings (SSSR count). The zero-order chi connectivity index (χ0) is 17.5. The van der Waals surface area contributed by atoms with E-state index in [0.29, 0.717) is 25.4 Å². The third-order valence-corrected chi connectivity index (χ3v) is 3.98. The highest BCUT2D eigenvalue weighted by atomic mass is 16.5. The SMILES string of the molecule is Cc1ccc(OCCNC(=O)Nc2cnn(CC3CCCO3)c2)cc1. The minimum Gasteiger partial charge on any atom is -0.492 e. The lowest BCUT2D eigenvalue weighted by molar-refractivity contribution is 0.0940. The van der Waals surface area contributed by atoms with E-state index < -0.39 is 0 Å². The number of rotatable bonds is 7. The monoisotopic (exact) mass is 344 g/mol. The van der Waals surface area contributed by atoms with E-state index in [9.17, 15) is 4.79 Å². The van der Waals surface area contributed by atoms with Crippen LogP contribution in [0.4, 0.5) is 10.5 Å². The van der Waals surface area contributed by atoms with Gasteiger partial charge in [-0.05, 0) is 31.9 Å². The molecule has 2 amide bonds. The molecule has 1 aromatic heterocycles. The van der Waals surface area contributed by atoms with Gasteiger partial charge in [0.05, 0.1) is 31.1 Å². The molecular formula is C18H24N4O3. The second kappa shape index (κ2) is 8.53. The van der Waals surface area contributed by atoms with Crippen LogP contribution < -0.4 is 15.4 Å². The molecule has 1 unspecified atom stereocenters. The number of benzene rings is 1. The van der Waals surface area contributed by atoms with Crippen LogP contribution in [0.2, 0.25) is 0 Å². The van der Waals surface area contributed by atoms with Crippen molar-refractivity contribution in [2.24, 2.45) is 0 Å². The predicted octanol–water partition coefficient (Wildman–Crippen LogP) is 2.57. The number of nitrogens with zero attached hydrogens (tertiary/aromatic N) is 2. The molecule has 0 aliphatic carbocycles. The molecule has 0 spiro atoms. The third kappa shape index (κ3) is 5.49. The van der Waals surface area contributed by atoms with E-state index in [1.165, 1.54) is 5.56 Å². The number of aromatic nitrogens is 2. The van der Waals surface area contributed by atoms with Crippen LogP contribution in [0, 0.1) is 6.92 Å². The number of hydrogen-bond acceptors (Lipinski definition) is 4. The standard InChI is InChI=1S/C18H24N4O3/c1-14-4-6-16(7-5-14)25-10-8-19-18(23)21-15-11-20-22(12-15)13-17-3-2-9-24-17/h4-7,11-12,17H,2-3,8-10,13H2,1H3,(H2,19,21,23). The fraction of sp³-hybridized carbons (Fsp3) is 0.444. The first kappa shape index (κ1) is 17.3. The van der Waals surface area contributed by atoms with Crippen molar-refractivity contribution < 1.29 is 14.3 Å². The van der Waals surface area contributed by atoms with Crippen LogP contribution in [0.25, 0.3) is 0 Å². The Bertz CT molecular complexity index is 678. The number of nitrogens with one attached hydrogen (secondary N) is 2. The first-order valence-electron chi connectivity index (χ1n) is 8.57. The van der Waals surface area contributed by atoms with Gasteiger partial charge in [-0.3, -0.25) is 4.68 Å². The zero-order valence-electron chi connectivity index (χ0n) is 14.4. The summed E-state index contributed by atoms with van der Waals surface area (Å²) >= 11 is 0. The van der Waals surface area contributed by atoms with Crippen LogP contribution in [-0.2, 0) is 11.3 Å². The maximum Gasteiger partial charge on any atom is 0.319 e. The molecule has 0 radical (unpaired) electrons. The number of amides is 2. The topological polar surface area (TPSA) is 77.4 Å². The van der Waals surface area contributed by atoms with Crippen LogP contribution in [-0.4, -0.2) is 41.7 Å². The molecule has 134 valence electrons. The number of hydrogen-bond donors (Lipinski definition) is 2. The molecule has 7 nitrogen and oxygen atoms in total. The van der Waals surface area contributed by atoms with Crippen molar-refractivity contribution in [2.75, 3.05) is 25.1 Å². The Morgan fingerprint density at radius 2 is 2.24 bits per heavy atom. The van der Waals surface area contributed by atoms with E-state index in [0.717, 1.165) is 25.2 Å². The molecule has 1 aromatic carbocycles. The fourth-order valence-corrected chi connectivity index (χ4v) is 2.67. The minimum atomic E-state index is -0.274. The quantitative estimate of drug-likeness (QED) is 0.757. The van der Waals surface area contributed by atoms with Crippen LogP contribution in [0.3, 0.4) is 0 Å². The smallest absolute Gasteiger partial charge is 0.319 e. The molecule has 1 aliphatic heterocycles. The van der Waals surface area contributed by atoms with Crippen molar-refractivity contribution in [3.05, 3.63) is 42.2 Å². The number of carbonyl (C=O) groups is 1. The minimum absolute atomic E-state index is 0.223. The molecular weight excluding hydrogens is 320 g/mol. The van der Waals surface area contributed by atoms with Gasteiger partial charge in [-0.1, -0.05) is 17.7 Å². The number of anilines is 1. The maximum absolute atomic E-state index is 11.9. The summed E-state index contributed by atoms with van der Waals surface area (Å²) in [5, 5.41) is 9.77. The molecule has 0 bridgehead atoms. The summed E-state index contributed by atoms with van der Waals surface area (Å²) in [6, 6.07) is 7.53. The van der Waals surface area contributed by atoms with Crippen LogP contribution >= 0.6 is 0 Å². The van der Waals surface area contributed by atoms with Gasteiger partial charge in [0.1, 0.15) is 12.4 Å². The average Bonchev–Trinajstić information content (AvgIpc) is 3.26. The Labute approximate surface area is 147 Å². The second-order valence-electron chi connectivity index (χ2n) is 6.13. The van der Waals surface area contributed by atoms with Crippen molar-refractivity contribution in [3.8, 4) is 5.75 Å². The van der Waals surface area contributed by atoms with E-state index in [1.807, 2.05) is 37.4 Å². The summed E-state index contributed by atoms with van der Waals surface area (Å²) in [6.45, 7) is 4.40. The molecule has 2 aromatic rings. The van der Waals surface area contributed by atoms with Gasteiger partial charge in [-0.2, -0.15) is 5.10 Å². The Kier molecular flexibility index (Phi) is 5.90. The molecule has 1 fully saturated rings. The number of aryl methyl sites for hydroxylation is 1. The van der Waals surface area contributed by atoms with Gasteiger partial charge in [-0.25, -0.2) is 4.79 Å². The molecule has 2 N–H and O–H groups in total. The summed E-state index contributed by atoms with van der Waals surface area (Å²) < 4.78 is 12.9. The van der Waals surface area contributed by atoms with E-state index in [1.54, 1.807) is 10.9 Å². The highest BCUT2D eigenvalue weighted by Gasteiger charge is 2.16. The lowest BCUT2D eigenvalue weighted by Gasteiger charge is -2.09. The van der Waals surface area contributed by atoms with Crippen molar-refractivity contribution in [2.45, 2.75) is 32.4 Å². The molecule has 1 saturated heterocycles. The summed E-state index contributed by atoms with van der Waals surface area (Å²) in [7, 11) is 0. The molecule has 2 heterocycles. The highest BCUT2D eigenvalue weighted by Crippen LogP contribution is 2.15.